The lowest BCUT2D eigenvalue weighted by Gasteiger charge is -2.08. The highest BCUT2D eigenvalue weighted by Crippen LogP contribution is 2.23. The van der Waals surface area contributed by atoms with Crippen LogP contribution < -0.4 is 4.74 Å². The fourth-order valence-corrected chi connectivity index (χ4v) is 1.27. The molecule has 1 aromatic heterocycles. The highest BCUT2D eigenvalue weighted by Gasteiger charge is 2.06. The normalized spacial score (nSPS) is 10.8. The Hall–Kier alpha value is -0.510. The minimum Gasteiger partial charge on any atom is -0.477 e. The van der Waals surface area contributed by atoms with Crippen molar-refractivity contribution in [3.05, 3.63) is 10.7 Å². The molecule has 0 fully saturated rings. The predicted molar refractivity (Wildman–Crippen MR) is 51.2 cm³/mol. The second kappa shape index (κ2) is 3.94. The van der Waals surface area contributed by atoms with Crippen LogP contribution in [0, 0.1) is 5.92 Å². The summed E-state index contributed by atoms with van der Waals surface area (Å²) in [6, 6.07) is 0. The number of hydrogen-bond donors (Lipinski definition) is 0. The molecule has 0 aliphatic carbocycles. The number of aromatic nitrogens is 2. The monoisotopic (exact) mass is 232 g/mol. The Morgan fingerprint density at radius 2 is 2.33 bits per heavy atom. The van der Waals surface area contributed by atoms with Crippen molar-refractivity contribution in [3.8, 4) is 5.88 Å². The van der Waals surface area contributed by atoms with Crippen LogP contribution in [-0.4, -0.2) is 16.4 Å². The number of nitrogens with zero attached hydrogens (tertiary/aromatic N) is 2. The summed E-state index contributed by atoms with van der Waals surface area (Å²) in [5.74, 6) is 1.33. The van der Waals surface area contributed by atoms with Gasteiger partial charge in [-0.25, -0.2) is 4.68 Å². The van der Waals surface area contributed by atoms with Crippen molar-refractivity contribution in [2.24, 2.45) is 13.0 Å². The fraction of sp³-hybridized carbons (Fsp3) is 0.625. The Balaban J connectivity index is 2.62. The smallest absolute Gasteiger partial charge is 0.226 e. The van der Waals surface area contributed by atoms with E-state index in [0.29, 0.717) is 5.92 Å². The summed E-state index contributed by atoms with van der Waals surface area (Å²) in [6.07, 6.45) is 1.73. The van der Waals surface area contributed by atoms with E-state index in [1.54, 1.807) is 10.9 Å². The van der Waals surface area contributed by atoms with Gasteiger partial charge in [-0.15, -0.1) is 0 Å². The van der Waals surface area contributed by atoms with Gasteiger partial charge in [0.2, 0.25) is 5.88 Å². The summed E-state index contributed by atoms with van der Waals surface area (Å²) >= 11 is 3.36. The van der Waals surface area contributed by atoms with Crippen molar-refractivity contribution in [3.63, 3.8) is 0 Å². The van der Waals surface area contributed by atoms with Crippen molar-refractivity contribution in [2.75, 3.05) is 6.61 Å². The summed E-state index contributed by atoms with van der Waals surface area (Å²) in [5.41, 5.74) is 0. The lowest BCUT2D eigenvalue weighted by molar-refractivity contribution is 0.248. The topological polar surface area (TPSA) is 27.1 Å². The van der Waals surface area contributed by atoms with Gasteiger partial charge in [-0.3, -0.25) is 0 Å². The third-order valence-corrected chi connectivity index (χ3v) is 1.94. The van der Waals surface area contributed by atoms with Crippen molar-refractivity contribution >= 4 is 15.9 Å². The molecule has 1 rings (SSSR count). The summed E-state index contributed by atoms with van der Waals surface area (Å²) in [5, 5.41) is 4.04. The van der Waals surface area contributed by atoms with Crippen LogP contribution >= 0.6 is 15.9 Å². The zero-order valence-electron chi connectivity index (χ0n) is 7.54. The molecule has 0 saturated heterocycles. The highest BCUT2D eigenvalue weighted by atomic mass is 79.9. The molecule has 0 atom stereocenters. The predicted octanol–water partition coefficient (Wildman–Crippen LogP) is 2.22. The zero-order chi connectivity index (χ0) is 9.14. The molecular formula is C8H13BrN2O. The Kier molecular flexibility index (Phi) is 3.14. The maximum Gasteiger partial charge on any atom is 0.226 e. The third kappa shape index (κ3) is 2.24. The van der Waals surface area contributed by atoms with E-state index in [1.165, 1.54) is 0 Å². The molecule has 3 nitrogen and oxygen atoms in total. The first-order valence-corrected chi connectivity index (χ1v) is 4.71. The van der Waals surface area contributed by atoms with E-state index >= 15 is 0 Å². The highest BCUT2D eigenvalue weighted by molar-refractivity contribution is 9.10. The Labute approximate surface area is 80.8 Å². The molecule has 0 N–H and O–H groups in total. The molecule has 0 aliphatic rings. The summed E-state index contributed by atoms with van der Waals surface area (Å²) in [4.78, 5) is 0. The quantitative estimate of drug-likeness (QED) is 0.800. The molecule has 1 heterocycles. The molecule has 0 aromatic carbocycles. The van der Waals surface area contributed by atoms with Gasteiger partial charge in [0.25, 0.3) is 0 Å². The maximum atomic E-state index is 5.52. The molecule has 0 unspecified atom stereocenters. The van der Waals surface area contributed by atoms with Gasteiger partial charge in [0.05, 0.1) is 17.3 Å². The van der Waals surface area contributed by atoms with Gasteiger partial charge in [0.1, 0.15) is 0 Å². The minimum atomic E-state index is 0.534. The van der Waals surface area contributed by atoms with Gasteiger partial charge in [-0.2, -0.15) is 5.10 Å². The molecule has 0 bridgehead atoms. The first-order valence-electron chi connectivity index (χ1n) is 3.91. The average Bonchev–Trinajstić information content (AvgIpc) is 2.28. The van der Waals surface area contributed by atoms with Crippen LogP contribution in [0.2, 0.25) is 0 Å². The van der Waals surface area contributed by atoms with E-state index in [4.69, 9.17) is 4.74 Å². The van der Waals surface area contributed by atoms with Crippen LogP contribution in [-0.2, 0) is 7.05 Å². The summed E-state index contributed by atoms with van der Waals surface area (Å²) in [7, 11) is 1.86. The van der Waals surface area contributed by atoms with Crippen LogP contribution in [0.25, 0.3) is 0 Å². The Morgan fingerprint density at radius 3 is 2.75 bits per heavy atom. The molecule has 0 saturated carbocycles. The van der Waals surface area contributed by atoms with Crippen molar-refractivity contribution in [1.29, 1.82) is 0 Å². The van der Waals surface area contributed by atoms with E-state index in [-0.39, 0.29) is 0 Å². The molecule has 68 valence electrons. The lowest BCUT2D eigenvalue weighted by atomic mass is 10.2. The van der Waals surface area contributed by atoms with Gasteiger partial charge in [-0.1, -0.05) is 13.8 Å². The van der Waals surface area contributed by atoms with Gasteiger partial charge in [0, 0.05) is 7.05 Å². The second-order valence-corrected chi connectivity index (χ2v) is 3.98. The van der Waals surface area contributed by atoms with Crippen molar-refractivity contribution < 1.29 is 4.74 Å². The van der Waals surface area contributed by atoms with Crippen LogP contribution in [0.3, 0.4) is 0 Å². The van der Waals surface area contributed by atoms with Crippen molar-refractivity contribution in [1.82, 2.24) is 9.78 Å². The molecule has 0 spiro atoms. The van der Waals surface area contributed by atoms with E-state index in [1.807, 2.05) is 7.05 Å². The fourth-order valence-electron chi connectivity index (χ4n) is 0.807. The Morgan fingerprint density at radius 1 is 1.67 bits per heavy atom. The van der Waals surface area contributed by atoms with Crippen molar-refractivity contribution in [2.45, 2.75) is 13.8 Å². The van der Waals surface area contributed by atoms with E-state index in [9.17, 15) is 0 Å². The summed E-state index contributed by atoms with van der Waals surface area (Å²) in [6.45, 7) is 4.95. The number of halogens is 1. The molecule has 0 radical (unpaired) electrons. The molecule has 4 heteroatoms. The SMILES string of the molecule is CC(C)COc1c(Br)cnn1C. The summed E-state index contributed by atoms with van der Waals surface area (Å²) < 4.78 is 8.15. The standard InChI is InChI=1S/C8H13BrN2O/c1-6(2)5-12-8-7(9)4-10-11(8)3/h4,6H,5H2,1-3H3. The van der Waals surface area contributed by atoms with E-state index in [0.717, 1.165) is 17.0 Å². The van der Waals surface area contributed by atoms with Crippen LogP contribution in [0.5, 0.6) is 5.88 Å². The average molecular weight is 233 g/mol. The van der Waals surface area contributed by atoms with Gasteiger partial charge in [0.15, 0.2) is 0 Å². The minimum absolute atomic E-state index is 0.534. The number of hydrogen-bond acceptors (Lipinski definition) is 2. The van der Waals surface area contributed by atoms with Gasteiger partial charge >= 0.3 is 0 Å². The largest absolute Gasteiger partial charge is 0.477 e. The zero-order valence-corrected chi connectivity index (χ0v) is 9.13. The molecule has 0 amide bonds. The molecule has 0 aliphatic heterocycles. The second-order valence-electron chi connectivity index (χ2n) is 3.13. The first kappa shape index (κ1) is 9.58. The number of ether oxygens (including phenoxy) is 1. The van der Waals surface area contributed by atoms with Crippen LogP contribution in [0.4, 0.5) is 0 Å². The number of aryl methyl sites for hydroxylation is 1. The molecular weight excluding hydrogens is 220 g/mol. The van der Waals surface area contributed by atoms with Gasteiger partial charge < -0.3 is 4.74 Å². The third-order valence-electron chi connectivity index (χ3n) is 1.40. The maximum absolute atomic E-state index is 5.52. The lowest BCUT2D eigenvalue weighted by Crippen LogP contribution is -2.07. The van der Waals surface area contributed by atoms with E-state index in [2.05, 4.69) is 34.9 Å². The van der Waals surface area contributed by atoms with Gasteiger partial charge in [-0.05, 0) is 21.8 Å². The van der Waals surface area contributed by atoms with Crippen LogP contribution in [0.1, 0.15) is 13.8 Å². The first-order chi connectivity index (χ1) is 5.61. The Bertz CT molecular complexity index is 238. The molecule has 1 aromatic rings. The van der Waals surface area contributed by atoms with Crippen LogP contribution in [0.15, 0.2) is 10.7 Å². The van der Waals surface area contributed by atoms with E-state index < -0.39 is 0 Å². The molecule has 12 heavy (non-hydrogen) atoms. The number of rotatable bonds is 3.